The molecule has 4 rings (SSSR count). The largest absolute Gasteiger partial charge is 0.342 e. The molecule has 160 valence electrons. The minimum atomic E-state index is -0.750. The van der Waals surface area contributed by atoms with Crippen LogP contribution in [0.2, 0.25) is 0 Å². The van der Waals surface area contributed by atoms with Crippen molar-refractivity contribution < 1.29 is 13.7 Å². The fraction of sp³-hybridized carbons (Fsp3) is 0.400. The van der Waals surface area contributed by atoms with E-state index >= 15 is 0 Å². The summed E-state index contributed by atoms with van der Waals surface area (Å²) < 4.78 is 20.6. The molecule has 1 saturated heterocycles. The summed E-state index contributed by atoms with van der Waals surface area (Å²) in [5.74, 6) is 0.226. The van der Waals surface area contributed by atoms with E-state index in [9.17, 15) is 9.18 Å². The Morgan fingerprint density at radius 1 is 1.37 bits per heavy atom. The number of aryl methyl sites for hydroxylation is 1. The predicted molar refractivity (Wildman–Crippen MR) is 111 cm³/mol. The van der Waals surface area contributed by atoms with Crippen molar-refractivity contribution in [2.45, 2.75) is 38.3 Å². The van der Waals surface area contributed by atoms with E-state index in [2.05, 4.69) is 25.9 Å². The molecule has 2 aromatic heterocycles. The van der Waals surface area contributed by atoms with Crippen LogP contribution >= 0.6 is 12.4 Å². The highest BCUT2D eigenvalue weighted by Gasteiger charge is 2.42. The molecular formula is C20H24ClFN6O2. The molecule has 0 saturated carbocycles. The van der Waals surface area contributed by atoms with Crippen molar-refractivity contribution in [3.05, 3.63) is 53.9 Å². The van der Waals surface area contributed by atoms with Crippen molar-refractivity contribution in [3.8, 4) is 11.4 Å². The smallest absolute Gasteiger partial charge is 0.249 e. The van der Waals surface area contributed by atoms with Gasteiger partial charge in [0.25, 0.3) is 0 Å². The van der Waals surface area contributed by atoms with Gasteiger partial charge < -0.3 is 15.2 Å². The first kappa shape index (κ1) is 21.9. The Bertz CT molecular complexity index is 1000. The topological polar surface area (TPSA) is 97.9 Å². The number of carbonyl (C=O) groups is 1. The molecule has 3 aromatic rings. The van der Waals surface area contributed by atoms with Gasteiger partial charge >= 0.3 is 0 Å². The second kappa shape index (κ2) is 8.93. The highest BCUT2D eigenvalue weighted by Crippen LogP contribution is 2.28. The van der Waals surface area contributed by atoms with Crippen LogP contribution in [0.15, 0.2) is 41.2 Å². The van der Waals surface area contributed by atoms with Crippen LogP contribution in [0.4, 0.5) is 4.39 Å². The Balaban J connectivity index is 0.00000256. The first-order valence-corrected chi connectivity index (χ1v) is 9.61. The van der Waals surface area contributed by atoms with Gasteiger partial charge in [-0.25, -0.2) is 4.39 Å². The fourth-order valence-corrected chi connectivity index (χ4v) is 3.63. The maximum absolute atomic E-state index is 13.5. The van der Waals surface area contributed by atoms with Gasteiger partial charge in [-0.3, -0.25) is 9.48 Å². The number of aromatic nitrogens is 4. The van der Waals surface area contributed by atoms with Gasteiger partial charge in [0.15, 0.2) is 0 Å². The lowest BCUT2D eigenvalue weighted by atomic mass is 9.87. The Hall–Kier alpha value is -2.78. The molecule has 2 N–H and O–H groups in total. The van der Waals surface area contributed by atoms with Crippen LogP contribution in [0.1, 0.15) is 37.3 Å². The second-order valence-corrected chi connectivity index (χ2v) is 7.35. The molecule has 0 spiro atoms. The predicted octanol–water partition coefficient (Wildman–Crippen LogP) is 2.76. The van der Waals surface area contributed by atoms with Gasteiger partial charge in [0, 0.05) is 18.0 Å². The lowest BCUT2D eigenvalue weighted by Crippen LogP contribution is -2.55. The Kier molecular flexibility index (Phi) is 6.52. The molecule has 3 heterocycles. The summed E-state index contributed by atoms with van der Waals surface area (Å²) in [6.45, 7) is 4.94. The van der Waals surface area contributed by atoms with E-state index in [-0.39, 0.29) is 24.1 Å². The molecule has 0 bridgehead atoms. The summed E-state index contributed by atoms with van der Waals surface area (Å²) in [7, 11) is 0. The highest BCUT2D eigenvalue weighted by molar-refractivity contribution is 5.85. The highest BCUT2D eigenvalue weighted by atomic mass is 35.5. The van der Waals surface area contributed by atoms with Crippen LogP contribution in [0, 0.1) is 12.7 Å². The number of rotatable bonds is 5. The Labute approximate surface area is 179 Å². The molecule has 1 aromatic carbocycles. The molecule has 10 heteroatoms. The molecular weight excluding hydrogens is 411 g/mol. The number of benzene rings is 1. The van der Waals surface area contributed by atoms with E-state index in [1.807, 2.05) is 12.3 Å². The van der Waals surface area contributed by atoms with Gasteiger partial charge in [0.05, 0.1) is 0 Å². The quantitative estimate of drug-likeness (QED) is 0.640. The molecule has 1 atom stereocenters. The number of hydrogen-bond acceptors (Lipinski definition) is 6. The molecule has 30 heavy (non-hydrogen) atoms. The SMILES string of the molecule is Cc1cc(-c2noc(C(C)NC(=O)C3(n4cccn4)CCNCC3)n2)ccc1F.Cl. The molecule has 1 amide bonds. The van der Waals surface area contributed by atoms with E-state index in [1.54, 1.807) is 36.9 Å². The molecule has 0 radical (unpaired) electrons. The molecule has 8 nitrogen and oxygen atoms in total. The lowest BCUT2D eigenvalue weighted by Gasteiger charge is -2.36. The van der Waals surface area contributed by atoms with Gasteiger partial charge in [0.2, 0.25) is 17.6 Å². The average molecular weight is 435 g/mol. The van der Waals surface area contributed by atoms with Crippen LogP contribution < -0.4 is 10.6 Å². The van der Waals surface area contributed by atoms with Crippen LogP contribution in [0.3, 0.4) is 0 Å². The van der Waals surface area contributed by atoms with Gasteiger partial charge in [-0.2, -0.15) is 10.1 Å². The molecule has 1 unspecified atom stereocenters. The van der Waals surface area contributed by atoms with Gasteiger partial charge in [-0.15, -0.1) is 12.4 Å². The summed E-state index contributed by atoms with van der Waals surface area (Å²) >= 11 is 0. The second-order valence-electron chi connectivity index (χ2n) is 7.35. The van der Waals surface area contributed by atoms with Crippen molar-refractivity contribution in [1.82, 2.24) is 30.6 Å². The first-order chi connectivity index (χ1) is 14.0. The third-order valence-electron chi connectivity index (χ3n) is 5.37. The van der Waals surface area contributed by atoms with E-state index in [0.29, 0.717) is 35.7 Å². The number of carbonyl (C=O) groups excluding carboxylic acids is 1. The van der Waals surface area contributed by atoms with Crippen molar-refractivity contribution in [2.24, 2.45) is 0 Å². The number of amides is 1. The minimum Gasteiger partial charge on any atom is -0.342 e. The Morgan fingerprint density at radius 2 is 2.13 bits per heavy atom. The maximum Gasteiger partial charge on any atom is 0.249 e. The van der Waals surface area contributed by atoms with E-state index in [1.165, 1.54) is 6.07 Å². The van der Waals surface area contributed by atoms with Gasteiger partial charge in [-0.1, -0.05) is 5.16 Å². The van der Waals surface area contributed by atoms with Crippen LogP contribution in [-0.4, -0.2) is 38.9 Å². The number of nitrogens with zero attached hydrogens (tertiary/aromatic N) is 4. The van der Waals surface area contributed by atoms with Crippen molar-refractivity contribution in [3.63, 3.8) is 0 Å². The minimum absolute atomic E-state index is 0. The van der Waals surface area contributed by atoms with Gasteiger partial charge in [-0.05, 0) is 69.6 Å². The molecule has 1 aliphatic rings. The molecule has 0 aliphatic carbocycles. The number of piperidine rings is 1. The van der Waals surface area contributed by atoms with Crippen LogP contribution in [0.25, 0.3) is 11.4 Å². The first-order valence-electron chi connectivity index (χ1n) is 9.61. The fourth-order valence-electron chi connectivity index (χ4n) is 3.63. The van der Waals surface area contributed by atoms with Crippen molar-refractivity contribution in [2.75, 3.05) is 13.1 Å². The van der Waals surface area contributed by atoms with Crippen LogP contribution in [-0.2, 0) is 10.3 Å². The maximum atomic E-state index is 13.5. The summed E-state index contributed by atoms with van der Waals surface area (Å²) in [5, 5.41) is 14.6. The lowest BCUT2D eigenvalue weighted by molar-refractivity contribution is -0.132. The molecule has 1 fully saturated rings. The summed E-state index contributed by atoms with van der Waals surface area (Å²) in [6, 6.07) is 5.97. The monoisotopic (exact) mass is 434 g/mol. The third kappa shape index (κ3) is 4.08. The van der Waals surface area contributed by atoms with E-state index in [4.69, 9.17) is 4.52 Å². The number of hydrogen-bond donors (Lipinski definition) is 2. The zero-order valence-electron chi connectivity index (χ0n) is 16.8. The standard InChI is InChI=1S/C20H23FN6O2.ClH/c1-13-12-15(4-5-16(13)21)17-25-18(29-26-17)14(2)24-19(28)20(6-9-22-10-7-20)27-11-3-8-23-27;/h3-5,8,11-12,14,22H,6-7,9-10H2,1-2H3,(H,24,28);1H. The molecule has 1 aliphatic heterocycles. The average Bonchev–Trinajstić information content (AvgIpc) is 3.43. The van der Waals surface area contributed by atoms with E-state index in [0.717, 1.165) is 13.1 Å². The van der Waals surface area contributed by atoms with Gasteiger partial charge in [0.1, 0.15) is 17.4 Å². The summed E-state index contributed by atoms with van der Waals surface area (Å²) in [4.78, 5) is 17.6. The third-order valence-corrected chi connectivity index (χ3v) is 5.37. The number of nitrogens with one attached hydrogen (secondary N) is 2. The van der Waals surface area contributed by atoms with E-state index < -0.39 is 11.6 Å². The normalized spacial score (nSPS) is 16.5. The van der Waals surface area contributed by atoms with Crippen LogP contribution in [0.5, 0.6) is 0 Å². The Morgan fingerprint density at radius 3 is 2.80 bits per heavy atom. The zero-order valence-corrected chi connectivity index (χ0v) is 17.6. The van der Waals surface area contributed by atoms with Crippen molar-refractivity contribution in [1.29, 1.82) is 0 Å². The van der Waals surface area contributed by atoms with Crippen molar-refractivity contribution >= 4 is 18.3 Å². The number of halogens is 2. The summed E-state index contributed by atoms with van der Waals surface area (Å²) in [5.41, 5.74) is 0.408. The summed E-state index contributed by atoms with van der Waals surface area (Å²) in [6.07, 6.45) is 4.76. The zero-order chi connectivity index (χ0) is 20.4.